The maximum absolute atomic E-state index is 6.18. The molecule has 2 aromatic heterocycles. The van der Waals surface area contributed by atoms with Crippen LogP contribution in [0, 0.1) is 0 Å². The third-order valence-electron chi connectivity index (χ3n) is 3.29. The molecule has 0 amide bonds. The van der Waals surface area contributed by atoms with E-state index in [1.807, 2.05) is 22.6 Å². The zero-order valence-electron chi connectivity index (χ0n) is 9.56. The molecule has 0 spiro atoms. The van der Waals surface area contributed by atoms with E-state index in [1.54, 1.807) is 0 Å². The summed E-state index contributed by atoms with van der Waals surface area (Å²) in [6, 6.07) is 6.20. The van der Waals surface area contributed by atoms with Crippen molar-refractivity contribution in [3.63, 3.8) is 0 Å². The van der Waals surface area contributed by atoms with Crippen LogP contribution >= 0.6 is 11.6 Å². The molecule has 4 nitrogen and oxygen atoms in total. The van der Waals surface area contributed by atoms with Gasteiger partial charge in [0.05, 0.1) is 0 Å². The van der Waals surface area contributed by atoms with Gasteiger partial charge in [-0.3, -0.25) is 4.40 Å². The van der Waals surface area contributed by atoms with Gasteiger partial charge in [0, 0.05) is 12.5 Å². The fraction of sp³-hybridized carbons (Fsp3) is 0.500. The fourth-order valence-corrected chi connectivity index (χ4v) is 2.67. The minimum Gasteiger partial charge on any atom is -0.314 e. The van der Waals surface area contributed by atoms with E-state index in [4.69, 9.17) is 11.6 Å². The second kappa shape index (κ2) is 4.63. The fourth-order valence-electron chi connectivity index (χ4n) is 2.41. The van der Waals surface area contributed by atoms with E-state index >= 15 is 0 Å². The summed E-state index contributed by atoms with van der Waals surface area (Å²) in [7, 11) is 0. The number of rotatable bonds is 2. The summed E-state index contributed by atoms with van der Waals surface area (Å²) in [5.74, 6) is 0.949. The van der Waals surface area contributed by atoms with Crippen LogP contribution in [-0.4, -0.2) is 27.2 Å². The Morgan fingerprint density at radius 1 is 1.35 bits per heavy atom. The zero-order chi connectivity index (χ0) is 11.7. The predicted octanol–water partition coefficient (Wildman–Crippen LogP) is 2.07. The first-order valence-electron chi connectivity index (χ1n) is 6.06. The molecule has 1 N–H and O–H groups in total. The number of pyridine rings is 1. The molecule has 1 unspecified atom stereocenters. The Morgan fingerprint density at radius 3 is 3.12 bits per heavy atom. The number of hydrogen-bond donors (Lipinski definition) is 1. The first kappa shape index (κ1) is 11.0. The molecule has 0 aliphatic carbocycles. The van der Waals surface area contributed by atoms with Gasteiger partial charge in [0.15, 0.2) is 5.65 Å². The van der Waals surface area contributed by atoms with Gasteiger partial charge in [-0.2, -0.15) is 0 Å². The number of piperidine rings is 1. The van der Waals surface area contributed by atoms with Crippen LogP contribution in [0.15, 0.2) is 18.2 Å². The van der Waals surface area contributed by atoms with E-state index in [0.717, 1.165) is 24.4 Å². The summed E-state index contributed by atoms with van der Waals surface area (Å²) < 4.78 is 1.93. The van der Waals surface area contributed by atoms with Gasteiger partial charge in [-0.15, -0.1) is 10.2 Å². The molecule has 1 aliphatic rings. The Labute approximate surface area is 105 Å². The van der Waals surface area contributed by atoms with E-state index < -0.39 is 0 Å². The van der Waals surface area contributed by atoms with Gasteiger partial charge in [0.2, 0.25) is 0 Å². The Balaban J connectivity index is 1.89. The second-order valence-corrected chi connectivity index (χ2v) is 4.90. The third kappa shape index (κ3) is 2.15. The molecule has 3 rings (SSSR count). The van der Waals surface area contributed by atoms with Crippen molar-refractivity contribution < 1.29 is 0 Å². The predicted molar refractivity (Wildman–Crippen MR) is 67.3 cm³/mol. The van der Waals surface area contributed by atoms with Gasteiger partial charge >= 0.3 is 0 Å². The molecule has 0 bridgehead atoms. The molecule has 1 saturated heterocycles. The second-order valence-electron chi connectivity index (χ2n) is 4.51. The maximum Gasteiger partial charge on any atom is 0.161 e. The summed E-state index contributed by atoms with van der Waals surface area (Å²) in [6.45, 7) is 1.11. The van der Waals surface area contributed by atoms with Gasteiger partial charge in [0.25, 0.3) is 0 Å². The first-order valence-corrected chi connectivity index (χ1v) is 6.44. The lowest BCUT2D eigenvalue weighted by Crippen LogP contribution is -2.36. The molecule has 2 aromatic rings. The largest absolute Gasteiger partial charge is 0.314 e. The van der Waals surface area contributed by atoms with Crippen molar-refractivity contribution in [3.05, 3.63) is 29.2 Å². The summed E-state index contributed by atoms with van der Waals surface area (Å²) >= 11 is 6.18. The maximum atomic E-state index is 6.18. The van der Waals surface area contributed by atoms with Crippen LogP contribution in [0.3, 0.4) is 0 Å². The average molecular weight is 251 g/mol. The van der Waals surface area contributed by atoms with Crippen molar-refractivity contribution in [1.29, 1.82) is 0 Å². The van der Waals surface area contributed by atoms with E-state index in [0.29, 0.717) is 11.2 Å². The number of nitrogens with one attached hydrogen (secondary N) is 1. The van der Waals surface area contributed by atoms with Crippen molar-refractivity contribution >= 4 is 17.2 Å². The molecule has 0 aromatic carbocycles. The summed E-state index contributed by atoms with van der Waals surface area (Å²) in [5, 5.41) is 12.6. The van der Waals surface area contributed by atoms with Gasteiger partial charge < -0.3 is 5.32 Å². The number of fused-ring (bicyclic) bond motifs is 1. The molecule has 90 valence electrons. The van der Waals surface area contributed by atoms with E-state index in [-0.39, 0.29) is 0 Å². The molecular formula is C12H15ClN4. The average Bonchev–Trinajstić information content (AvgIpc) is 2.75. The van der Waals surface area contributed by atoms with Crippen LogP contribution in [0.1, 0.15) is 25.1 Å². The molecule has 1 fully saturated rings. The van der Waals surface area contributed by atoms with Gasteiger partial charge in [0.1, 0.15) is 11.0 Å². The highest BCUT2D eigenvalue weighted by Gasteiger charge is 2.17. The topological polar surface area (TPSA) is 42.2 Å². The summed E-state index contributed by atoms with van der Waals surface area (Å²) in [4.78, 5) is 0. The lowest BCUT2D eigenvalue weighted by atomic mass is 10.0. The van der Waals surface area contributed by atoms with Crippen molar-refractivity contribution in [2.24, 2.45) is 0 Å². The molecule has 5 heteroatoms. The van der Waals surface area contributed by atoms with Crippen LogP contribution in [0.5, 0.6) is 0 Å². The highest BCUT2D eigenvalue weighted by atomic mass is 35.5. The van der Waals surface area contributed by atoms with Crippen molar-refractivity contribution in [2.75, 3.05) is 6.54 Å². The number of aromatic nitrogens is 3. The normalized spacial score (nSPS) is 20.9. The number of nitrogens with zero attached hydrogens (tertiary/aromatic N) is 3. The molecule has 0 radical (unpaired) electrons. The minimum absolute atomic E-state index is 0.507. The summed E-state index contributed by atoms with van der Waals surface area (Å²) in [5.41, 5.74) is 0.823. The van der Waals surface area contributed by atoms with Crippen LogP contribution in [-0.2, 0) is 6.42 Å². The minimum atomic E-state index is 0.507. The SMILES string of the molecule is Clc1cccc2nnc(CC3CCCCN3)n12. The molecular weight excluding hydrogens is 236 g/mol. The number of hydrogen-bond acceptors (Lipinski definition) is 3. The van der Waals surface area contributed by atoms with Crippen LogP contribution in [0.4, 0.5) is 0 Å². The number of halogens is 1. The highest BCUT2D eigenvalue weighted by molar-refractivity contribution is 6.29. The first-order chi connectivity index (χ1) is 8.34. The van der Waals surface area contributed by atoms with Crippen molar-refractivity contribution in [1.82, 2.24) is 19.9 Å². The van der Waals surface area contributed by atoms with E-state index in [2.05, 4.69) is 15.5 Å². The monoisotopic (exact) mass is 250 g/mol. The standard InChI is InChI=1S/C12H15ClN4/c13-10-5-3-6-11-15-16-12(17(10)11)8-9-4-1-2-7-14-9/h3,5-6,9,14H,1-2,4,7-8H2. The smallest absolute Gasteiger partial charge is 0.161 e. The van der Waals surface area contributed by atoms with Crippen molar-refractivity contribution in [3.8, 4) is 0 Å². The van der Waals surface area contributed by atoms with Crippen LogP contribution < -0.4 is 5.32 Å². The Bertz CT molecular complexity index is 516. The lowest BCUT2D eigenvalue weighted by Gasteiger charge is -2.22. The Kier molecular flexibility index (Phi) is 2.99. The lowest BCUT2D eigenvalue weighted by molar-refractivity contribution is 0.393. The Morgan fingerprint density at radius 2 is 2.29 bits per heavy atom. The zero-order valence-corrected chi connectivity index (χ0v) is 10.3. The molecule has 1 atom stereocenters. The van der Waals surface area contributed by atoms with Crippen LogP contribution in [0.25, 0.3) is 5.65 Å². The van der Waals surface area contributed by atoms with Crippen molar-refractivity contribution in [2.45, 2.75) is 31.7 Å². The molecule has 0 saturated carbocycles. The van der Waals surface area contributed by atoms with E-state index in [1.165, 1.54) is 19.3 Å². The third-order valence-corrected chi connectivity index (χ3v) is 3.58. The van der Waals surface area contributed by atoms with Gasteiger partial charge in [-0.25, -0.2) is 0 Å². The molecule has 1 aliphatic heterocycles. The highest BCUT2D eigenvalue weighted by Crippen LogP contribution is 2.16. The molecule has 3 heterocycles. The quantitative estimate of drug-likeness (QED) is 0.830. The Hall–Kier alpha value is -1.13. The van der Waals surface area contributed by atoms with Crippen LogP contribution in [0.2, 0.25) is 5.15 Å². The molecule has 17 heavy (non-hydrogen) atoms. The summed E-state index contributed by atoms with van der Waals surface area (Å²) in [6.07, 6.45) is 4.67. The van der Waals surface area contributed by atoms with Gasteiger partial charge in [-0.1, -0.05) is 24.1 Å². The van der Waals surface area contributed by atoms with Gasteiger partial charge in [-0.05, 0) is 31.5 Å². The van der Waals surface area contributed by atoms with E-state index in [9.17, 15) is 0 Å².